The molecular formula is C16H28IN3O2. The second-order valence-electron chi connectivity index (χ2n) is 4.67. The molecule has 0 spiro atoms. The minimum atomic E-state index is 0. The summed E-state index contributed by atoms with van der Waals surface area (Å²) in [5.41, 5.74) is 1.15. The van der Waals surface area contributed by atoms with Crippen molar-refractivity contribution in [2.24, 2.45) is 4.99 Å². The molecule has 6 heteroatoms. The molecule has 0 heterocycles. The highest BCUT2D eigenvalue weighted by atomic mass is 127. The van der Waals surface area contributed by atoms with Crippen LogP contribution in [0.2, 0.25) is 0 Å². The van der Waals surface area contributed by atoms with Crippen LogP contribution < -0.4 is 15.4 Å². The second kappa shape index (κ2) is 13.6. The van der Waals surface area contributed by atoms with Gasteiger partial charge in [0.25, 0.3) is 0 Å². The number of guanidine groups is 1. The molecule has 0 radical (unpaired) electrons. The average molecular weight is 421 g/mol. The highest BCUT2D eigenvalue weighted by Crippen LogP contribution is 2.11. The molecule has 0 aliphatic carbocycles. The molecule has 126 valence electrons. The Hall–Kier alpha value is -1.02. The first kappa shape index (κ1) is 21.0. The maximum Gasteiger partial charge on any atom is 0.191 e. The van der Waals surface area contributed by atoms with Crippen molar-refractivity contribution < 1.29 is 9.47 Å². The lowest BCUT2D eigenvalue weighted by Gasteiger charge is -2.12. The molecule has 0 aliphatic heterocycles. The number of aliphatic imine (C=N–C) groups is 1. The molecule has 0 bridgehead atoms. The van der Waals surface area contributed by atoms with Crippen molar-refractivity contribution in [2.75, 3.05) is 33.9 Å². The second-order valence-corrected chi connectivity index (χ2v) is 4.67. The smallest absolute Gasteiger partial charge is 0.191 e. The summed E-state index contributed by atoms with van der Waals surface area (Å²) in [5, 5.41) is 6.49. The third-order valence-electron chi connectivity index (χ3n) is 3.00. The predicted octanol–water partition coefficient (Wildman–Crippen LogP) is 2.79. The summed E-state index contributed by atoms with van der Waals surface area (Å²) in [7, 11) is 3.43. The number of ether oxygens (including phenoxy) is 2. The van der Waals surface area contributed by atoms with Crippen LogP contribution in [0.3, 0.4) is 0 Å². The maximum atomic E-state index is 5.50. The van der Waals surface area contributed by atoms with Gasteiger partial charge in [-0.15, -0.1) is 24.0 Å². The van der Waals surface area contributed by atoms with E-state index in [1.165, 1.54) is 0 Å². The molecule has 0 fully saturated rings. The Kier molecular flexibility index (Phi) is 13.0. The Morgan fingerprint density at radius 1 is 1.23 bits per heavy atom. The fourth-order valence-corrected chi connectivity index (χ4v) is 1.78. The van der Waals surface area contributed by atoms with Gasteiger partial charge in [-0.3, -0.25) is 4.99 Å². The number of methoxy groups -OCH3 is 1. The first-order chi connectivity index (χ1) is 10.3. The first-order valence-electron chi connectivity index (χ1n) is 7.45. The fraction of sp³-hybridized carbons (Fsp3) is 0.562. The van der Waals surface area contributed by atoms with E-state index in [0.29, 0.717) is 13.2 Å². The molecule has 0 aliphatic rings. The lowest BCUT2D eigenvalue weighted by atomic mass is 10.2. The van der Waals surface area contributed by atoms with E-state index in [4.69, 9.17) is 9.47 Å². The molecule has 22 heavy (non-hydrogen) atoms. The first-order valence-corrected chi connectivity index (χ1v) is 7.45. The minimum absolute atomic E-state index is 0. The molecule has 0 saturated heterocycles. The fourth-order valence-electron chi connectivity index (χ4n) is 1.78. The van der Waals surface area contributed by atoms with Gasteiger partial charge in [0, 0.05) is 26.7 Å². The van der Waals surface area contributed by atoms with E-state index in [-0.39, 0.29) is 24.0 Å². The quantitative estimate of drug-likeness (QED) is 0.279. The molecule has 0 unspecified atom stereocenters. The summed E-state index contributed by atoms with van der Waals surface area (Å²) in [6.07, 6.45) is 2.28. The van der Waals surface area contributed by atoms with Crippen LogP contribution in [-0.2, 0) is 11.3 Å². The van der Waals surface area contributed by atoms with Gasteiger partial charge in [-0.2, -0.15) is 0 Å². The van der Waals surface area contributed by atoms with Gasteiger partial charge in [0.05, 0.1) is 13.7 Å². The van der Waals surface area contributed by atoms with E-state index in [0.717, 1.165) is 43.3 Å². The van der Waals surface area contributed by atoms with Gasteiger partial charge in [-0.05, 0) is 24.1 Å². The summed E-state index contributed by atoms with van der Waals surface area (Å²) in [6, 6.07) is 7.97. The molecule has 5 nitrogen and oxygen atoms in total. The van der Waals surface area contributed by atoms with Gasteiger partial charge < -0.3 is 20.1 Å². The zero-order valence-electron chi connectivity index (χ0n) is 13.7. The molecule has 0 aromatic heterocycles. The Morgan fingerprint density at radius 2 is 2.05 bits per heavy atom. The standard InChI is InChI=1S/C16H27N3O2.HI/c1-4-5-10-21-11-9-18-16(17-2)19-13-14-7-6-8-15(12-14)20-3;/h6-8,12H,4-5,9-11,13H2,1-3H3,(H2,17,18,19);1H. The van der Waals surface area contributed by atoms with E-state index >= 15 is 0 Å². The van der Waals surface area contributed by atoms with E-state index in [1.807, 2.05) is 18.2 Å². The van der Waals surface area contributed by atoms with Crippen molar-refractivity contribution in [1.29, 1.82) is 0 Å². The summed E-state index contributed by atoms with van der Waals surface area (Å²) in [6.45, 7) is 5.13. The maximum absolute atomic E-state index is 5.50. The zero-order chi connectivity index (χ0) is 15.3. The number of halogens is 1. The van der Waals surface area contributed by atoms with Gasteiger partial charge in [-0.1, -0.05) is 25.5 Å². The van der Waals surface area contributed by atoms with Gasteiger partial charge in [0.1, 0.15) is 5.75 Å². The van der Waals surface area contributed by atoms with Crippen LogP contribution in [-0.4, -0.2) is 39.9 Å². The molecule has 1 aromatic rings. The Morgan fingerprint density at radius 3 is 2.73 bits per heavy atom. The number of hydrogen-bond acceptors (Lipinski definition) is 3. The van der Waals surface area contributed by atoms with E-state index < -0.39 is 0 Å². The normalized spacial score (nSPS) is 10.8. The van der Waals surface area contributed by atoms with Gasteiger partial charge in [0.15, 0.2) is 5.96 Å². The molecule has 0 saturated carbocycles. The Labute approximate surface area is 150 Å². The summed E-state index contributed by atoms with van der Waals surface area (Å²) in [4.78, 5) is 4.19. The molecule has 0 atom stereocenters. The lowest BCUT2D eigenvalue weighted by molar-refractivity contribution is 0.136. The molecular weight excluding hydrogens is 393 g/mol. The van der Waals surface area contributed by atoms with Crippen LogP contribution >= 0.6 is 24.0 Å². The number of nitrogens with one attached hydrogen (secondary N) is 2. The van der Waals surface area contributed by atoms with Crippen molar-refractivity contribution in [2.45, 2.75) is 26.3 Å². The highest BCUT2D eigenvalue weighted by molar-refractivity contribution is 14.0. The molecule has 1 aromatic carbocycles. The van der Waals surface area contributed by atoms with E-state index in [2.05, 4.69) is 28.6 Å². The number of nitrogens with zero attached hydrogens (tertiary/aromatic N) is 1. The third-order valence-corrected chi connectivity index (χ3v) is 3.00. The largest absolute Gasteiger partial charge is 0.497 e. The summed E-state index contributed by atoms with van der Waals surface area (Å²) < 4.78 is 10.7. The predicted molar refractivity (Wildman–Crippen MR) is 102 cm³/mol. The summed E-state index contributed by atoms with van der Waals surface area (Å²) in [5.74, 6) is 1.64. The topological polar surface area (TPSA) is 54.9 Å². The highest BCUT2D eigenvalue weighted by Gasteiger charge is 1.99. The number of rotatable bonds is 9. The van der Waals surface area contributed by atoms with Crippen molar-refractivity contribution >= 4 is 29.9 Å². The molecule has 1 rings (SSSR count). The molecule has 0 amide bonds. The van der Waals surface area contributed by atoms with Gasteiger partial charge in [-0.25, -0.2) is 0 Å². The van der Waals surface area contributed by atoms with Crippen molar-refractivity contribution in [3.05, 3.63) is 29.8 Å². The third kappa shape index (κ3) is 9.09. The minimum Gasteiger partial charge on any atom is -0.497 e. The lowest BCUT2D eigenvalue weighted by Crippen LogP contribution is -2.38. The van der Waals surface area contributed by atoms with Crippen LogP contribution in [0.15, 0.2) is 29.3 Å². The van der Waals surface area contributed by atoms with E-state index in [1.54, 1.807) is 14.2 Å². The summed E-state index contributed by atoms with van der Waals surface area (Å²) >= 11 is 0. The van der Waals surface area contributed by atoms with Crippen LogP contribution in [0, 0.1) is 0 Å². The van der Waals surface area contributed by atoms with Crippen LogP contribution in [0.4, 0.5) is 0 Å². The van der Waals surface area contributed by atoms with Crippen LogP contribution in [0.1, 0.15) is 25.3 Å². The van der Waals surface area contributed by atoms with Crippen molar-refractivity contribution in [3.8, 4) is 5.75 Å². The Balaban J connectivity index is 0.00000441. The number of unbranched alkanes of at least 4 members (excludes halogenated alkanes) is 1. The molecule has 2 N–H and O–H groups in total. The zero-order valence-corrected chi connectivity index (χ0v) is 16.1. The monoisotopic (exact) mass is 421 g/mol. The van der Waals surface area contributed by atoms with E-state index in [9.17, 15) is 0 Å². The average Bonchev–Trinajstić information content (AvgIpc) is 2.53. The SMILES string of the molecule is CCCCOCCNC(=NC)NCc1cccc(OC)c1.I. The Bertz CT molecular complexity index is 428. The van der Waals surface area contributed by atoms with Crippen LogP contribution in [0.5, 0.6) is 5.75 Å². The van der Waals surface area contributed by atoms with Crippen molar-refractivity contribution in [3.63, 3.8) is 0 Å². The number of benzene rings is 1. The van der Waals surface area contributed by atoms with Gasteiger partial charge >= 0.3 is 0 Å². The van der Waals surface area contributed by atoms with Crippen molar-refractivity contribution in [1.82, 2.24) is 10.6 Å². The number of hydrogen-bond donors (Lipinski definition) is 2. The van der Waals surface area contributed by atoms with Gasteiger partial charge in [0.2, 0.25) is 0 Å². The van der Waals surface area contributed by atoms with Crippen LogP contribution in [0.25, 0.3) is 0 Å².